The topological polar surface area (TPSA) is 61.7 Å². The smallest absolute Gasteiger partial charge is 0.257 e. The van der Waals surface area contributed by atoms with Crippen molar-refractivity contribution in [2.45, 2.75) is 6.54 Å². The molecule has 0 atom stereocenters. The zero-order chi connectivity index (χ0) is 17.3. The second kappa shape index (κ2) is 6.00. The number of benzene rings is 2. The Morgan fingerprint density at radius 3 is 2.65 bits per heavy atom. The highest BCUT2D eigenvalue weighted by Crippen LogP contribution is 2.23. The molecule has 0 N–H and O–H groups in total. The van der Waals surface area contributed by atoms with Gasteiger partial charge in [0.05, 0.1) is 18.4 Å². The van der Waals surface area contributed by atoms with Crippen LogP contribution in [0.3, 0.4) is 0 Å². The third-order valence-corrected chi connectivity index (χ3v) is 4.34. The molecule has 0 bridgehead atoms. The standard InChI is InChI=1S/C20H15N5O/c1-2-4-18-15(3-1)9-11-25(18)17-7-5-16(6-8-17)20-22-19(23-26-20)13-24-12-10-21-14-24/h1-12,14H,13H2. The Bertz CT molecular complexity index is 1150. The van der Waals surface area contributed by atoms with Crippen molar-refractivity contribution in [2.24, 2.45) is 0 Å². The van der Waals surface area contributed by atoms with Gasteiger partial charge in [0.1, 0.15) is 0 Å². The molecule has 26 heavy (non-hydrogen) atoms. The first-order valence-electron chi connectivity index (χ1n) is 8.32. The summed E-state index contributed by atoms with van der Waals surface area (Å²) >= 11 is 0. The van der Waals surface area contributed by atoms with E-state index in [-0.39, 0.29) is 0 Å². The minimum absolute atomic E-state index is 0.518. The Hall–Kier alpha value is -3.67. The summed E-state index contributed by atoms with van der Waals surface area (Å²) in [6.07, 6.45) is 7.40. The van der Waals surface area contributed by atoms with Gasteiger partial charge in [0.25, 0.3) is 5.89 Å². The van der Waals surface area contributed by atoms with E-state index in [2.05, 4.69) is 56.2 Å². The van der Waals surface area contributed by atoms with Crippen LogP contribution in [0, 0.1) is 0 Å². The Labute approximate surface area is 149 Å². The number of hydrogen-bond acceptors (Lipinski definition) is 4. The van der Waals surface area contributed by atoms with Gasteiger partial charge in [0.2, 0.25) is 0 Å². The van der Waals surface area contributed by atoms with Crippen LogP contribution in [0.25, 0.3) is 28.0 Å². The number of para-hydroxylation sites is 1. The zero-order valence-electron chi connectivity index (χ0n) is 13.9. The minimum Gasteiger partial charge on any atom is -0.334 e. The molecule has 0 fully saturated rings. The molecule has 6 heteroatoms. The van der Waals surface area contributed by atoms with E-state index in [9.17, 15) is 0 Å². The van der Waals surface area contributed by atoms with Crippen molar-refractivity contribution in [2.75, 3.05) is 0 Å². The Kier molecular flexibility index (Phi) is 3.38. The zero-order valence-corrected chi connectivity index (χ0v) is 13.9. The van der Waals surface area contributed by atoms with Crippen LogP contribution in [0.15, 0.2) is 84.0 Å². The van der Waals surface area contributed by atoms with Gasteiger partial charge in [-0.05, 0) is 41.8 Å². The highest BCUT2D eigenvalue weighted by atomic mass is 16.5. The average molecular weight is 341 g/mol. The van der Waals surface area contributed by atoms with E-state index in [0.29, 0.717) is 18.3 Å². The van der Waals surface area contributed by atoms with Gasteiger partial charge in [0, 0.05) is 29.8 Å². The van der Waals surface area contributed by atoms with Gasteiger partial charge in [-0.1, -0.05) is 23.4 Å². The predicted molar refractivity (Wildman–Crippen MR) is 97.9 cm³/mol. The normalized spacial score (nSPS) is 11.2. The second-order valence-corrected chi connectivity index (χ2v) is 6.04. The first-order valence-corrected chi connectivity index (χ1v) is 8.32. The van der Waals surface area contributed by atoms with Crippen LogP contribution >= 0.6 is 0 Å². The monoisotopic (exact) mass is 341 g/mol. The van der Waals surface area contributed by atoms with E-state index in [1.165, 1.54) is 10.9 Å². The van der Waals surface area contributed by atoms with Crippen LogP contribution in [-0.2, 0) is 6.54 Å². The molecule has 0 unspecified atom stereocenters. The van der Waals surface area contributed by atoms with Crippen molar-refractivity contribution in [1.82, 2.24) is 24.3 Å². The lowest BCUT2D eigenvalue weighted by molar-refractivity contribution is 0.420. The fraction of sp³-hybridized carbons (Fsp3) is 0.0500. The number of imidazole rings is 1. The summed E-state index contributed by atoms with van der Waals surface area (Å²) in [7, 11) is 0. The molecule has 0 aliphatic rings. The minimum atomic E-state index is 0.518. The van der Waals surface area contributed by atoms with E-state index in [1.807, 2.05) is 35.0 Å². The van der Waals surface area contributed by atoms with E-state index < -0.39 is 0 Å². The maximum Gasteiger partial charge on any atom is 0.257 e. The number of rotatable bonds is 4. The van der Waals surface area contributed by atoms with Crippen molar-refractivity contribution in [3.8, 4) is 17.1 Å². The van der Waals surface area contributed by atoms with Crippen molar-refractivity contribution in [3.63, 3.8) is 0 Å². The second-order valence-electron chi connectivity index (χ2n) is 6.04. The molecule has 0 spiro atoms. The summed E-state index contributed by atoms with van der Waals surface area (Å²) < 4.78 is 9.46. The Morgan fingerprint density at radius 1 is 0.923 bits per heavy atom. The molecule has 0 aliphatic heterocycles. The largest absolute Gasteiger partial charge is 0.334 e. The Balaban J connectivity index is 1.42. The van der Waals surface area contributed by atoms with Gasteiger partial charge in [0.15, 0.2) is 5.82 Å². The van der Waals surface area contributed by atoms with Gasteiger partial charge in [-0.2, -0.15) is 4.98 Å². The average Bonchev–Trinajstić information content (AvgIpc) is 3.43. The molecular formula is C20H15N5O. The third kappa shape index (κ3) is 2.57. The fourth-order valence-corrected chi connectivity index (χ4v) is 3.05. The van der Waals surface area contributed by atoms with Crippen LogP contribution in [0.1, 0.15) is 5.82 Å². The number of fused-ring (bicyclic) bond motifs is 1. The highest BCUT2D eigenvalue weighted by Gasteiger charge is 2.10. The van der Waals surface area contributed by atoms with E-state index in [1.54, 1.807) is 12.5 Å². The molecule has 3 heterocycles. The van der Waals surface area contributed by atoms with Crippen LogP contribution in [0.4, 0.5) is 0 Å². The molecule has 5 aromatic rings. The third-order valence-electron chi connectivity index (χ3n) is 4.34. The summed E-state index contributed by atoms with van der Waals surface area (Å²) in [5, 5.41) is 5.26. The molecule has 3 aromatic heterocycles. The molecule has 0 radical (unpaired) electrons. The fourth-order valence-electron chi connectivity index (χ4n) is 3.05. The van der Waals surface area contributed by atoms with Gasteiger partial charge in [-0.15, -0.1) is 0 Å². The number of nitrogens with zero attached hydrogens (tertiary/aromatic N) is 5. The lowest BCUT2D eigenvalue weighted by Gasteiger charge is -2.05. The lowest BCUT2D eigenvalue weighted by atomic mass is 10.2. The number of hydrogen-bond donors (Lipinski definition) is 0. The summed E-state index contributed by atoms with van der Waals surface area (Å²) in [6, 6.07) is 18.5. The van der Waals surface area contributed by atoms with Crippen LogP contribution < -0.4 is 0 Å². The van der Waals surface area contributed by atoms with Crippen molar-refractivity contribution in [1.29, 1.82) is 0 Å². The van der Waals surface area contributed by atoms with Crippen LogP contribution in [0.2, 0.25) is 0 Å². The van der Waals surface area contributed by atoms with Gasteiger partial charge in [-0.25, -0.2) is 4.98 Å². The first kappa shape index (κ1) is 14.7. The van der Waals surface area contributed by atoms with Crippen LogP contribution in [0.5, 0.6) is 0 Å². The molecule has 0 amide bonds. The van der Waals surface area contributed by atoms with Crippen molar-refractivity contribution >= 4 is 10.9 Å². The van der Waals surface area contributed by atoms with Gasteiger partial charge < -0.3 is 13.7 Å². The van der Waals surface area contributed by atoms with Gasteiger partial charge >= 0.3 is 0 Å². The molecule has 0 saturated heterocycles. The van der Waals surface area contributed by atoms with Crippen LogP contribution in [-0.4, -0.2) is 24.3 Å². The summed E-state index contributed by atoms with van der Waals surface area (Å²) in [6.45, 7) is 0.539. The quantitative estimate of drug-likeness (QED) is 0.497. The molecule has 0 saturated carbocycles. The highest BCUT2D eigenvalue weighted by molar-refractivity contribution is 5.81. The summed E-state index contributed by atoms with van der Waals surface area (Å²) in [4.78, 5) is 8.48. The molecule has 0 aliphatic carbocycles. The predicted octanol–water partition coefficient (Wildman–Crippen LogP) is 3.93. The SMILES string of the molecule is c1ccc2c(c1)ccn2-c1ccc(-c2nc(Cn3ccnc3)no2)cc1. The number of aromatic nitrogens is 5. The van der Waals surface area contributed by atoms with Gasteiger partial charge in [-0.3, -0.25) is 0 Å². The lowest BCUT2D eigenvalue weighted by Crippen LogP contribution is -1.98. The van der Waals surface area contributed by atoms with E-state index in [0.717, 1.165) is 11.3 Å². The summed E-state index contributed by atoms with van der Waals surface area (Å²) in [5.74, 6) is 1.14. The van der Waals surface area contributed by atoms with E-state index in [4.69, 9.17) is 4.52 Å². The Morgan fingerprint density at radius 2 is 1.81 bits per heavy atom. The van der Waals surface area contributed by atoms with E-state index >= 15 is 0 Å². The molecule has 2 aromatic carbocycles. The maximum absolute atomic E-state index is 5.40. The molecule has 6 nitrogen and oxygen atoms in total. The first-order chi connectivity index (χ1) is 12.9. The summed E-state index contributed by atoms with van der Waals surface area (Å²) in [5.41, 5.74) is 3.17. The molecule has 126 valence electrons. The van der Waals surface area contributed by atoms with Crippen molar-refractivity contribution < 1.29 is 4.52 Å². The maximum atomic E-state index is 5.40. The van der Waals surface area contributed by atoms with Crippen molar-refractivity contribution in [3.05, 3.63) is 85.3 Å². The molecule has 5 rings (SSSR count). The molecular weight excluding hydrogens is 326 g/mol.